The lowest BCUT2D eigenvalue weighted by Crippen LogP contribution is -2.18. The molecule has 0 unspecified atom stereocenters. The van der Waals surface area contributed by atoms with Gasteiger partial charge >= 0.3 is 11.9 Å². The second kappa shape index (κ2) is 8.91. The maximum atomic E-state index is 12.2. The summed E-state index contributed by atoms with van der Waals surface area (Å²) in [6.07, 6.45) is 0. The van der Waals surface area contributed by atoms with Crippen LogP contribution in [0.25, 0.3) is 0 Å². The lowest BCUT2D eigenvalue weighted by Gasteiger charge is -2.07. The van der Waals surface area contributed by atoms with Gasteiger partial charge in [-0.05, 0) is 24.3 Å². The number of thiophene rings is 1. The quantitative estimate of drug-likeness (QED) is 0.588. The van der Waals surface area contributed by atoms with Crippen molar-refractivity contribution in [3.8, 4) is 0 Å². The Kier molecular flexibility index (Phi) is 6.62. The van der Waals surface area contributed by atoms with Gasteiger partial charge in [0.15, 0.2) is 6.61 Å². The number of amides is 1. The van der Waals surface area contributed by atoms with Crippen LogP contribution in [0, 0.1) is 0 Å². The normalized spacial score (nSPS) is 10.1. The lowest BCUT2D eigenvalue weighted by atomic mass is 10.1. The number of ether oxygens (including phenoxy) is 2. The zero-order chi connectivity index (χ0) is 19.1. The number of carbonyl (C=O) groups excluding carboxylic acids is 4. The Morgan fingerprint density at radius 3 is 2.27 bits per heavy atom. The molecule has 0 fully saturated rings. The molecule has 0 spiro atoms. The molecule has 1 aromatic carbocycles. The van der Waals surface area contributed by atoms with Crippen molar-refractivity contribution in [2.45, 2.75) is 13.5 Å². The van der Waals surface area contributed by atoms with Gasteiger partial charge in [0.2, 0.25) is 11.7 Å². The monoisotopic (exact) mass is 375 g/mol. The van der Waals surface area contributed by atoms with Crippen molar-refractivity contribution in [2.75, 3.05) is 13.7 Å². The van der Waals surface area contributed by atoms with Crippen molar-refractivity contribution in [1.29, 1.82) is 0 Å². The number of hydrogen-bond acceptors (Lipinski definition) is 7. The van der Waals surface area contributed by atoms with Crippen LogP contribution >= 0.6 is 11.3 Å². The molecule has 1 N–H and O–H groups in total. The van der Waals surface area contributed by atoms with Crippen LogP contribution in [0.15, 0.2) is 36.4 Å². The number of Topliss-reactive ketones (excluding diaryl/α,β-unsaturated/α-hetero) is 1. The van der Waals surface area contributed by atoms with Crippen molar-refractivity contribution in [1.82, 2.24) is 5.32 Å². The fraction of sp³-hybridized carbons (Fsp3) is 0.222. The van der Waals surface area contributed by atoms with Crippen molar-refractivity contribution >= 4 is 35.0 Å². The molecule has 1 heterocycles. The van der Waals surface area contributed by atoms with E-state index in [9.17, 15) is 19.2 Å². The van der Waals surface area contributed by atoms with Gasteiger partial charge in [0.25, 0.3) is 0 Å². The highest BCUT2D eigenvalue weighted by atomic mass is 32.1. The van der Waals surface area contributed by atoms with E-state index in [1.807, 2.05) is 0 Å². The summed E-state index contributed by atoms with van der Waals surface area (Å²) in [7, 11) is 1.21. The summed E-state index contributed by atoms with van der Waals surface area (Å²) in [6.45, 7) is 1.29. The molecule has 26 heavy (non-hydrogen) atoms. The van der Waals surface area contributed by atoms with Crippen molar-refractivity contribution in [3.63, 3.8) is 0 Å². The molecule has 2 aromatic rings. The Bertz CT molecular complexity index is 842. The van der Waals surface area contributed by atoms with Crippen molar-refractivity contribution < 1.29 is 28.7 Å². The second-order valence-corrected chi connectivity index (χ2v) is 6.38. The molecular weight excluding hydrogens is 358 g/mol. The number of benzene rings is 1. The number of carbonyl (C=O) groups is 4. The Morgan fingerprint density at radius 2 is 1.65 bits per heavy atom. The molecule has 1 aromatic heterocycles. The van der Waals surface area contributed by atoms with E-state index in [-0.39, 0.29) is 22.8 Å². The van der Waals surface area contributed by atoms with E-state index >= 15 is 0 Å². The first-order valence-corrected chi connectivity index (χ1v) is 8.45. The smallest absolute Gasteiger partial charge is 0.339 e. The highest BCUT2D eigenvalue weighted by Crippen LogP contribution is 2.18. The summed E-state index contributed by atoms with van der Waals surface area (Å²) in [5, 5.41) is 2.64. The molecule has 8 heteroatoms. The lowest BCUT2D eigenvalue weighted by molar-refractivity contribution is -0.119. The Hall–Kier alpha value is -3.00. The number of hydrogen-bond donors (Lipinski definition) is 1. The average molecular weight is 375 g/mol. The van der Waals surface area contributed by atoms with E-state index in [4.69, 9.17) is 4.74 Å². The van der Waals surface area contributed by atoms with Crippen LogP contribution in [0.1, 0.15) is 42.2 Å². The number of esters is 2. The van der Waals surface area contributed by atoms with Gasteiger partial charge in [-0.25, -0.2) is 9.59 Å². The van der Waals surface area contributed by atoms with Crippen molar-refractivity contribution in [2.24, 2.45) is 0 Å². The zero-order valence-corrected chi connectivity index (χ0v) is 15.1. The summed E-state index contributed by atoms with van der Waals surface area (Å²) in [6, 6.07) is 9.38. The molecule has 0 saturated heterocycles. The minimum Gasteiger partial charge on any atom is -0.465 e. The highest BCUT2D eigenvalue weighted by molar-refractivity contribution is 7.14. The van der Waals surface area contributed by atoms with Gasteiger partial charge in [-0.3, -0.25) is 9.59 Å². The van der Waals surface area contributed by atoms with Gasteiger partial charge in [-0.1, -0.05) is 12.1 Å². The largest absolute Gasteiger partial charge is 0.465 e. The first-order chi connectivity index (χ1) is 12.4. The fourth-order valence-electron chi connectivity index (χ4n) is 2.06. The Balaban J connectivity index is 1.98. The van der Waals surface area contributed by atoms with E-state index in [1.165, 1.54) is 37.5 Å². The molecule has 0 aliphatic carbocycles. The predicted octanol–water partition coefficient (Wildman–Crippen LogP) is 2.21. The van der Waals surface area contributed by atoms with Gasteiger partial charge in [-0.2, -0.15) is 0 Å². The highest BCUT2D eigenvalue weighted by Gasteiger charge is 2.20. The van der Waals surface area contributed by atoms with Crippen LogP contribution in [0.4, 0.5) is 0 Å². The van der Waals surface area contributed by atoms with Crippen LogP contribution < -0.4 is 5.32 Å². The number of ketones is 1. The first kappa shape index (κ1) is 19.3. The maximum absolute atomic E-state index is 12.2. The van der Waals surface area contributed by atoms with Gasteiger partial charge in [0.05, 0.1) is 29.7 Å². The van der Waals surface area contributed by atoms with E-state index in [2.05, 4.69) is 10.1 Å². The predicted molar refractivity (Wildman–Crippen MR) is 94.2 cm³/mol. The molecule has 2 rings (SSSR count). The summed E-state index contributed by atoms with van der Waals surface area (Å²) >= 11 is 1.21. The Morgan fingerprint density at radius 1 is 1.00 bits per heavy atom. The third-order valence-corrected chi connectivity index (χ3v) is 4.46. The zero-order valence-electron chi connectivity index (χ0n) is 14.2. The van der Waals surface area contributed by atoms with Gasteiger partial charge in [-0.15, -0.1) is 11.3 Å². The van der Waals surface area contributed by atoms with Crippen molar-refractivity contribution in [3.05, 3.63) is 57.3 Å². The molecule has 0 bridgehead atoms. The molecule has 7 nitrogen and oxygen atoms in total. The summed E-state index contributed by atoms with van der Waals surface area (Å²) < 4.78 is 9.65. The summed E-state index contributed by atoms with van der Waals surface area (Å²) in [5.41, 5.74) is 0.103. The molecule has 0 atom stereocenters. The van der Waals surface area contributed by atoms with E-state index in [0.717, 1.165) is 4.88 Å². The number of methoxy groups -OCH3 is 1. The molecule has 0 aliphatic rings. The molecule has 0 saturated carbocycles. The van der Waals surface area contributed by atoms with E-state index in [1.54, 1.807) is 24.3 Å². The molecular formula is C18H17NO6S. The minimum absolute atomic E-state index is 0.0321. The average Bonchev–Trinajstić information content (AvgIpc) is 3.12. The summed E-state index contributed by atoms with van der Waals surface area (Å²) in [5.74, 6) is -1.98. The van der Waals surface area contributed by atoms with Gasteiger partial charge in [0, 0.05) is 11.8 Å². The van der Waals surface area contributed by atoms with Crippen LogP contribution in [-0.4, -0.2) is 37.3 Å². The third-order valence-electron chi connectivity index (χ3n) is 3.33. The maximum Gasteiger partial charge on any atom is 0.339 e. The number of rotatable bonds is 7. The van der Waals surface area contributed by atoms with Crippen LogP contribution in [0.5, 0.6) is 0 Å². The molecule has 1 amide bonds. The third kappa shape index (κ3) is 5.00. The fourth-order valence-corrected chi connectivity index (χ4v) is 2.94. The molecule has 0 aliphatic heterocycles. The summed E-state index contributed by atoms with van der Waals surface area (Å²) in [4.78, 5) is 48.2. The van der Waals surface area contributed by atoms with Crippen LogP contribution in [0.3, 0.4) is 0 Å². The topological polar surface area (TPSA) is 98.8 Å². The minimum atomic E-state index is -0.783. The Labute approximate surface area is 153 Å². The second-order valence-electron chi connectivity index (χ2n) is 5.21. The van der Waals surface area contributed by atoms with Crippen LogP contribution in [-0.2, 0) is 20.8 Å². The molecule has 136 valence electrons. The van der Waals surface area contributed by atoms with Crippen LogP contribution in [0.2, 0.25) is 0 Å². The SMILES string of the molecule is COC(=O)c1ccccc1C(=O)OCC(=O)c1ccc(CNC(C)=O)s1. The number of nitrogens with one attached hydrogen (secondary N) is 1. The van der Waals surface area contributed by atoms with Gasteiger partial charge in [0.1, 0.15) is 0 Å². The first-order valence-electron chi connectivity index (χ1n) is 7.63. The standard InChI is InChI=1S/C18H17NO6S/c1-11(20)19-9-12-7-8-16(26-12)15(21)10-25-18(23)14-6-4-3-5-13(14)17(22)24-2/h3-8H,9-10H2,1-2H3,(H,19,20). The molecule has 0 radical (unpaired) electrons. The van der Waals surface area contributed by atoms with E-state index < -0.39 is 18.5 Å². The van der Waals surface area contributed by atoms with Gasteiger partial charge < -0.3 is 14.8 Å². The van der Waals surface area contributed by atoms with E-state index in [0.29, 0.717) is 11.4 Å².